The number of rotatable bonds is 8. The first kappa shape index (κ1) is 41.2. The molecular formula is C38H41ClN8O6. The van der Waals surface area contributed by atoms with Crippen LogP contribution in [0.25, 0.3) is 10.9 Å². The number of ether oxygens (including phenoxy) is 2. The van der Waals surface area contributed by atoms with E-state index in [1.54, 1.807) is 55.1 Å². The molecule has 5 heterocycles. The highest BCUT2D eigenvalue weighted by Gasteiger charge is 2.12. The Hall–Kier alpha value is -6.25. The van der Waals surface area contributed by atoms with Gasteiger partial charge in [0.25, 0.3) is 5.91 Å². The summed E-state index contributed by atoms with van der Waals surface area (Å²) in [4.78, 5) is 50.6. The summed E-state index contributed by atoms with van der Waals surface area (Å²) in [6, 6.07) is 17.1. The molecule has 1 amide bonds. The second-order valence-electron chi connectivity index (χ2n) is 11.1. The number of aliphatic hydroxyl groups is 1. The maximum absolute atomic E-state index is 12.7. The van der Waals surface area contributed by atoms with Crippen LogP contribution in [0.1, 0.15) is 66.7 Å². The van der Waals surface area contributed by atoms with Crippen molar-refractivity contribution in [3.8, 4) is 0 Å². The van der Waals surface area contributed by atoms with Crippen LogP contribution in [-0.4, -0.2) is 66.9 Å². The van der Waals surface area contributed by atoms with E-state index in [-0.39, 0.29) is 25.9 Å². The third-order valence-electron chi connectivity index (χ3n) is 7.50. The zero-order valence-electron chi connectivity index (χ0n) is 28.9. The molecular weight excluding hydrogens is 700 g/mol. The number of nitrogens with two attached hydrogens (primary N) is 1. The van der Waals surface area contributed by atoms with Crippen LogP contribution in [-0.2, 0) is 29.2 Å². The molecule has 53 heavy (non-hydrogen) atoms. The number of nitrogen functional groups attached to an aromatic ring is 1. The van der Waals surface area contributed by atoms with Gasteiger partial charge in [0.2, 0.25) is 0 Å². The zero-order valence-corrected chi connectivity index (χ0v) is 29.7. The third-order valence-corrected chi connectivity index (χ3v) is 7.73. The van der Waals surface area contributed by atoms with Gasteiger partial charge in [-0.25, -0.2) is 14.6 Å². The highest BCUT2D eigenvalue weighted by molar-refractivity contribution is 6.31. The summed E-state index contributed by atoms with van der Waals surface area (Å²) in [6.45, 7) is 4.50. The van der Waals surface area contributed by atoms with Crippen molar-refractivity contribution >= 4 is 46.2 Å². The van der Waals surface area contributed by atoms with Gasteiger partial charge >= 0.3 is 11.9 Å². The summed E-state index contributed by atoms with van der Waals surface area (Å²) in [7, 11) is 2.66. The Balaban J connectivity index is 0.000000270. The molecule has 0 spiro atoms. The Labute approximate surface area is 312 Å². The number of anilines is 1. The molecule has 0 aliphatic heterocycles. The van der Waals surface area contributed by atoms with Gasteiger partial charge in [0.15, 0.2) is 0 Å². The molecule has 0 fully saturated rings. The van der Waals surface area contributed by atoms with Crippen molar-refractivity contribution in [2.75, 3.05) is 20.0 Å². The number of pyridine rings is 4. The second kappa shape index (κ2) is 20.0. The number of amides is 1. The number of halogens is 1. The molecule has 0 saturated carbocycles. The predicted molar refractivity (Wildman–Crippen MR) is 201 cm³/mol. The van der Waals surface area contributed by atoms with Gasteiger partial charge in [0, 0.05) is 53.0 Å². The Morgan fingerprint density at radius 2 is 1.47 bits per heavy atom. The summed E-state index contributed by atoms with van der Waals surface area (Å²) in [5.41, 5.74) is 12.2. The van der Waals surface area contributed by atoms with Gasteiger partial charge in [0.05, 0.1) is 61.6 Å². The van der Waals surface area contributed by atoms with Crippen molar-refractivity contribution in [3.05, 3.63) is 142 Å². The summed E-state index contributed by atoms with van der Waals surface area (Å²) < 4.78 is 10.8. The predicted octanol–water partition coefficient (Wildman–Crippen LogP) is 5.52. The molecule has 0 saturated heterocycles. The van der Waals surface area contributed by atoms with Crippen LogP contribution < -0.4 is 11.1 Å². The Kier molecular flexibility index (Phi) is 15.5. The molecule has 14 nitrogen and oxygen atoms in total. The number of carbonyl (C=O) groups excluding carboxylic acids is 3. The number of nitrogens with zero attached hydrogens (tertiary/aromatic N) is 6. The maximum Gasteiger partial charge on any atom is 0.337 e. The van der Waals surface area contributed by atoms with Crippen LogP contribution in [0.5, 0.6) is 0 Å². The molecule has 15 heteroatoms. The third kappa shape index (κ3) is 11.6. The fraction of sp³-hybridized carbons (Fsp3) is 0.211. The van der Waals surface area contributed by atoms with Crippen molar-refractivity contribution in [2.45, 2.75) is 41.0 Å². The average Bonchev–Trinajstić information content (AvgIpc) is 3.55. The van der Waals surface area contributed by atoms with E-state index in [1.165, 1.54) is 32.5 Å². The molecule has 4 N–H and O–H groups in total. The number of aryl methyl sites for hydroxylation is 2. The van der Waals surface area contributed by atoms with Crippen LogP contribution in [0, 0.1) is 13.8 Å². The van der Waals surface area contributed by atoms with Crippen LogP contribution in [0.4, 0.5) is 5.82 Å². The molecule has 1 aromatic carbocycles. The molecule has 5 aromatic heterocycles. The number of methoxy groups -OCH3 is 2. The van der Waals surface area contributed by atoms with E-state index < -0.39 is 5.97 Å². The van der Waals surface area contributed by atoms with Gasteiger partial charge in [0.1, 0.15) is 5.82 Å². The Morgan fingerprint density at radius 3 is 2.13 bits per heavy atom. The molecule has 0 unspecified atom stereocenters. The summed E-state index contributed by atoms with van der Waals surface area (Å²) in [6.07, 6.45) is 7.95. The van der Waals surface area contributed by atoms with Crippen molar-refractivity contribution in [2.24, 2.45) is 0 Å². The number of aromatic nitrogens is 6. The lowest BCUT2D eigenvalue weighted by molar-refractivity contribution is 0.0591. The smallest absolute Gasteiger partial charge is 0.337 e. The number of esters is 2. The zero-order chi connectivity index (χ0) is 37.6. The molecule has 0 aliphatic rings. The minimum absolute atomic E-state index is 0. The molecule has 6 rings (SSSR count). The van der Waals surface area contributed by atoms with E-state index in [0.29, 0.717) is 46.3 Å². The van der Waals surface area contributed by atoms with Crippen LogP contribution >= 0.6 is 11.6 Å². The number of aliphatic hydroxyl groups excluding tert-OH is 1. The minimum Gasteiger partial charge on any atom is -0.465 e. The van der Waals surface area contributed by atoms with Crippen molar-refractivity contribution in [3.63, 3.8) is 0 Å². The van der Waals surface area contributed by atoms with Gasteiger partial charge in [-0.2, -0.15) is 5.10 Å². The van der Waals surface area contributed by atoms with E-state index in [4.69, 9.17) is 22.4 Å². The molecule has 0 bridgehead atoms. The normalized spacial score (nSPS) is 10.1. The lowest BCUT2D eigenvalue weighted by Gasteiger charge is -2.12. The van der Waals surface area contributed by atoms with Gasteiger partial charge in [-0.05, 0) is 85.6 Å². The fourth-order valence-corrected chi connectivity index (χ4v) is 5.06. The quantitative estimate of drug-likeness (QED) is 0.165. The van der Waals surface area contributed by atoms with Crippen molar-refractivity contribution in [1.29, 1.82) is 0 Å². The molecule has 276 valence electrons. The number of carbonyl (C=O) groups is 3. The molecule has 6 aromatic rings. The molecule has 0 aliphatic carbocycles. The molecule has 0 radical (unpaired) electrons. The van der Waals surface area contributed by atoms with Crippen LogP contribution in [0.2, 0.25) is 5.02 Å². The van der Waals surface area contributed by atoms with Crippen LogP contribution in [0.15, 0.2) is 91.6 Å². The van der Waals surface area contributed by atoms with Crippen molar-refractivity contribution < 1.29 is 29.0 Å². The number of fused-ring (bicyclic) bond motifs is 1. The van der Waals surface area contributed by atoms with E-state index >= 15 is 0 Å². The first-order chi connectivity index (χ1) is 25.0. The van der Waals surface area contributed by atoms with Crippen LogP contribution in [0.3, 0.4) is 0 Å². The lowest BCUT2D eigenvalue weighted by atomic mass is 10.1. The van der Waals surface area contributed by atoms with E-state index in [1.807, 2.05) is 36.7 Å². The average molecular weight is 741 g/mol. The first-order valence-corrected chi connectivity index (χ1v) is 16.1. The number of hydrogen-bond acceptors (Lipinski definition) is 12. The highest BCUT2D eigenvalue weighted by atomic mass is 35.5. The van der Waals surface area contributed by atoms with Gasteiger partial charge in [-0.1, -0.05) is 19.0 Å². The Bertz CT molecular complexity index is 2140. The fourth-order valence-electron chi connectivity index (χ4n) is 4.88. The summed E-state index contributed by atoms with van der Waals surface area (Å²) >= 11 is 6.04. The minimum atomic E-state index is -0.424. The lowest BCUT2D eigenvalue weighted by Crippen LogP contribution is -2.24. The molecule has 0 atom stereocenters. The second-order valence-corrected chi connectivity index (χ2v) is 11.5. The van der Waals surface area contributed by atoms with Gasteiger partial charge < -0.3 is 25.6 Å². The monoisotopic (exact) mass is 740 g/mol. The summed E-state index contributed by atoms with van der Waals surface area (Å²) in [5.74, 6) is -0.451. The standard InChI is InChI=1S/C22H21ClN6O.C8H9NO3.C7H7NO2.CH4/c1-13-7-21(24)28-14(2)19(13)11-26-22(30)15-5-6-25-18(9-15)12-29-20-4-3-17(23)8-16(20)10-27-29;1-12-8(11)6-2-3-9-7(4-6)5-10;1-10-7(9)6-2-4-8-5-3-6;/h3-10H,11-12H2,1-2H3,(H2,24,28)(H,26,30);2-4,10H,5H2,1H3;2-5H,1H3;1H4. The Morgan fingerprint density at radius 1 is 0.849 bits per heavy atom. The van der Waals surface area contributed by atoms with Gasteiger partial charge in [-0.3, -0.25) is 24.4 Å². The van der Waals surface area contributed by atoms with Crippen molar-refractivity contribution in [1.82, 2.24) is 35.0 Å². The SMILES string of the molecule is C.COC(=O)c1ccnc(CO)c1.COC(=O)c1ccncc1.Cc1cc(N)nc(C)c1CNC(=O)c1ccnc(Cn2ncc3cc(Cl)ccc32)c1. The van der Waals surface area contributed by atoms with E-state index in [2.05, 4.69) is 39.8 Å². The van der Waals surface area contributed by atoms with E-state index in [0.717, 1.165) is 33.4 Å². The number of nitrogens with one attached hydrogen (secondary N) is 1. The summed E-state index contributed by atoms with van der Waals surface area (Å²) in [5, 5.41) is 17.7. The highest BCUT2D eigenvalue weighted by Crippen LogP contribution is 2.20. The maximum atomic E-state index is 12.7. The number of benzene rings is 1. The van der Waals surface area contributed by atoms with Gasteiger partial charge in [-0.15, -0.1) is 0 Å². The van der Waals surface area contributed by atoms with E-state index in [9.17, 15) is 14.4 Å². The topological polar surface area (TPSA) is 197 Å². The number of hydrogen-bond donors (Lipinski definition) is 3. The largest absolute Gasteiger partial charge is 0.465 e. The first-order valence-electron chi connectivity index (χ1n) is 15.7.